The third-order valence-electron chi connectivity index (χ3n) is 3.74. The maximum absolute atomic E-state index is 11.7. The average molecular weight is 314 g/mol. The molecule has 1 aromatic rings. The molecule has 0 aliphatic carbocycles. The van der Waals surface area contributed by atoms with E-state index in [1.54, 1.807) is 0 Å². The van der Waals surface area contributed by atoms with Gasteiger partial charge in [-0.05, 0) is 31.2 Å². The smallest absolute Gasteiger partial charge is 0.253 e. The van der Waals surface area contributed by atoms with Crippen LogP contribution in [-0.4, -0.2) is 35.7 Å². The fourth-order valence-corrected chi connectivity index (χ4v) is 2.46. The molecule has 0 atom stereocenters. The Hall–Kier alpha value is -2.43. The van der Waals surface area contributed by atoms with Crippen molar-refractivity contribution in [1.82, 2.24) is 10.2 Å². The Bertz CT molecular complexity index is 563. The maximum atomic E-state index is 11.7. The van der Waals surface area contributed by atoms with Gasteiger partial charge in [0, 0.05) is 31.7 Å². The minimum absolute atomic E-state index is 0.0518. The predicted molar refractivity (Wildman–Crippen MR) is 87.5 cm³/mol. The summed E-state index contributed by atoms with van der Waals surface area (Å²) in [5, 5.41) is 2.87. The summed E-state index contributed by atoms with van der Waals surface area (Å²) in [4.78, 5) is 35.6. The SMILES string of the molecule is O=C(CCCc1ccccc1)NCCCCN1C(=O)C=CC1=O. The number of carbonyl (C=O) groups is 3. The van der Waals surface area contributed by atoms with Crippen LogP contribution >= 0.6 is 0 Å². The van der Waals surface area contributed by atoms with Crippen molar-refractivity contribution in [3.8, 4) is 0 Å². The number of hydrogen-bond donors (Lipinski definition) is 1. The second-order valence-electron chi connectivity index (χ2n) is 5.56. The van der Waals surface area contributed by atoms with Crippen molar-refractivity contribution in [1.29, 1.82) is 0 Å². The van der Waals surface area contributed by atoms with Gasteiger partial charge in [-0.25, -0.2) is 0 Å². The third kappa shape index (κ3) is 5.70. The molecule has 1 heterocycles. The van der Waals surface area contributed by atoms with Gasteiger partial charge < -0.3 is 5.32 Å². The van der Waals surface area contributed by atoms with Crippen molar-refractivity contribution < 1.29 is 14.4 Å². The van der Waals surface area contributed by atoms with Crippen LogP contribution < -0.4 is 5.32 Å². The molecule has 0 spiro atoms. The topological polar surface area (TPSA) is 66.5 Å². The van der Waals surface area contributed by atoms with Crippen LogP contribution in [-0.2, 0) is 20.8 Å². The average Bonchev–Trinajstić information content (AvgIpc) is 2.87. The summed E-state index contributed by atoms with van der Waals surface area (Å²) in [6.07, 6.45) is 6.28. The highest BCUT2D eigenvalue weighted by molar-refractivity contribution is 6.12. The van der Waals surface area contributed by atoms with E-state index in [2.05, 4.69) is 17.4 Å². The Morgan fingerprint density at radius 1 is 0.957 bits per heavy atom. The molecule has 5 nitrogen and oxygen atoms in total. The number of hydrogen-bond acceptors (Lipinski definition) is 3. The molecule has 1 aliphatic rings. The van der Waals surface area contributed by atoms with Gasteiger partial charge in [-0.2, -0.15) is 0 Å². The second kappa shape index (κ2) is 8.88. The minimum atomic E-state index is -0.250. The normalized spacial score (nSPS) is 13.7. The molecule has 0 aromatic heterocycles. The van der Waals surface area contributed by atoms with Crippen LogP contribution in [0.3, 0.4) is 0 Å². The first kappa shape index (κ1) is 16.9. The number of benzene rings is 1. The minimum Gasteiger partial charge on any atom is -0.356 e. The molecule has 0 radical (unpaired) electrons. The van der Waals surface area contributed by atoms with E-state index in [9.17, 15) is 14.4 Å². The summed E-state index contributed by atoms with van der Waals surface area (Å²) in [6.45, 7) is 0.988. The maximum Gasteiger partial charge on any atom is 0.253 e. The molecule has 1 aliphatic heterocycles. The van der Waals surface area contributed by atoms with E-state index in [1.807, 2.05) is 18.2 Å². The van der Waals surface area contributed by atoms with Gasteiger partial charge in [-0.15, -0.1) is 0 Å². The largest absolute Gasteiger partial charge is 0.356 e. The molecule has 122 valence electrons. The van der Waals surface area contributed by atoms with Gasteiger partial charge in [0.2, 0.25) is 5.91 Å². The van der Waals surface area contributed by atoms with E-state index in [-0.39, 0.29) is 17.7 Å². The summed E-state index contributed by atoms with van der Waals surface area (Å²) in [5.41, 5.74) is 1.24. The molecule has 23 heavy (non-hydrogen) atoms. The first-order chi connectivity index (χ1) is 11.2. The molecule has 5 heteroatoms. The van der Waals surface area contributed by atoms with Crippen LogP contribution in [0.5, 0.6) is 0 Å². The molecule has 0 bridgehead atoms. The Balaban J connectivity index is 1.50. The second-order valence-corrected chi connectivity index (χ2v) is 5.56. The summed E-state index contributed by atoms with van der Waals surface area (Å²) >= 11 is 0. The molecule has 1 N–H and O–H groups in total. The zero-order chi connectivity index (χ0) is 16.5. The molecular weight excluding hydrogens is 292 g/mol. The number of nitrogens with zero attached hydrogens (tertiary/aromatic N) is 1. The first-order valence-electron chi connectivity index (χ1n) is 8.01. The number of unbranched alkanes of at least 4 members (excludes halogenated alkanes) is 1. The lowest BCUT2D eigenvalue weighted by molar-refractivity contribution is -0.136. The monoisotopic (exact) mass is 314 g/mol. The molecule has 2 rings (SSSR count). The third-order valence-corrected chi connectivity index (χ3v) is 3.74. The van der Waals surface area contributed by atoms with Crippen molar-refractivity contribution in [2.45, 2.75) is 32.1 Å². The van der Waals surface area contributed by atoms with Crippen LogP contribution in [0.2, 0.25) is 0 Å². The molecule has 0 fully saturated rings. The van der Waals surface area contributed by atoms with Gasteiger partial charge in [-0.1, -0.05) is 30.3 Å². The quantitative estimate of drug-likeness (QED) is 0.558. The van der Waals surface area contributed by atoms with Crippen molar-refractivity contribution in [3.05, 3.63) is 48.0 Å². The van der Waals surface area contributed by atoms with E-state index in [0.29, 0.717) is 25.9 Å². The summed E-state index contributed by atoms with van der Waals surface area (Å²) in [7, 11) is 0. The van der Waals surface area contributed by atoms with E-state index in [0.717, 1.165) is 19.3 Å². The van der Waals surface area contributed by atoms with Gasteiger partial charge in [-0.3, -0.25) is 19.3 Å². The van der Waals surface area contributed by atoms with Crippen LogP contribution in [0.1, 0.15) is 31.2 Å². The van der Waals surface area contributed by atoms with Gasteiger partial charge in [0.25, 0.3) is 11.8 Å². The number of amides is 3. The molecule has 0 unspecified atom stereocenters. The highest BCUT2D eigenvalue weighted by atomic mass is 16.2. The lowest BCUT2D eigenvalue weighted by Crippen LogP contribution is -2.31. The standard InChI is InChI=1S/C18H22N2O3/c21-16(10-6-9-15-7-2-1-3-8-15)19-13-4-5-14-20-17(22)11-12-18(20)23/h1-3,7-8,11-12H,4-6,9-10,13-14H2,(H,19,21). The van der Waals surface area contributed by atoms with Gasteiger partial charge in [0.05, 0.1) is 0 Å². The fourth-order valence-electron chi connectivity index (χ4n) is 2.46. The lowest BCUT2D eigenvalue weighted by Gasteiger charge is -2.13. The number of rotatable bonds is 9. The predicted octanol–water partition coefficient (Wildman–Crippen LogP) is 1.83. The Labute approximate surface area is 136 Å². The molecule has 0 saturated carbocycles. The number of imide groups is 1. The Kier molecular flexibility index (Phi) is 6.54. The Morgan fingerprint density at radius 3 is 2.35 bits per heavy atom. The van der Waals surface area contributed by atoms with Crippen LogP contribution in [0.4, 0.5) is 0 Å². The van der Waals surface area contributed by atoms with Crippen molar-refractivity contribution in [2.24, 2.45) is 0 Å². The van der Waals surface area contributed by atoms with Crippen molar-refractivity contribution in [2.75, 3.05) is 13.1 Å². The zero-order valence-electron chi connectivity index (χ0n) is 13.2. The van der Waals surface area contributed by atoms with Crippen LogP contribution in [0, 0.1) is 0 Å². The molecule has 1 aromatic carbocycles. The van der Waals surface area contributed by atoms with Crippen molar-refractivity contribution in [3.63, 3.8) is 0 Å². The number of aryl methyl sites for hydroxylation is 1. The summed E-state index contributed by atoms with van der Waals surface area (Å²) in [6, 6.07) is 10.1. The van der Waals surface area contributed by atoms with Gasteiger partial charge in [0.15, 0.2) is 0 Å². The zero-order valence-corrected chi connectivity index (χ0v) is 13.2. The fraction of sp³-hybridized carbons (Fsp3) is 0.389. The summed E-state index contributed by atoms with van der Waals surface area (Å²) in [5.74, 6) is -0.448. The van der Waals surface area contributed by atoms with Crippen LogP contribution in [0.15, 0.2) is 42.5 Å². The van der Waals surface area contributed by atoms with Crippen LogP contribution in [0.25, 0.3) is 0 Å². The number of carbonyl (C=O) groups excluding carboxylic acids is 3. The molecule has 0 saturated heterocycles. The highest BCUT2D eigenvalue weighted by Crippen LogP contribution is 2.06. The van der Waals surface area contributed by atoms with E-state index in [1.165, 1.54) is 22.6 Å². The van der Waals surface area contributed by atoms with E-state index < -0.39 is 0 Å². The van der Waals surface area contributed by atoms with Gasteiger partial charge in [0.1, 0.15) is 0 Å². The van der Waals surface area contributed by atoms with Gasteiger partial charge >= 0.3 is 0 Å². The Morgan fingerprint density at radius 2 is 1.65 bits per heavy atom. The van der Waals surface area contributed by atoms with E-state index >= 15 is 0 Å². The first-order valence-corrected chi connectivity index (χ1v) is 8.01. The highest BCUT2D eigenvalue weighted by Gasteiger charge is 2.22. The van der Waals surface area contributed by atoms with E-state index in [4.69, 9.17) is 0 Å². The lowest BCUT2D eigenvalue weighted by atomic mass is 10.1. The van der Waals surface area contributed by atoms with Crippen molar-refractivity contribution >= 4 is 17.7 Å². The molecular formula is C18H22N2O3. The summed E-state index contributed by atoms with van der Waals surface area (Å²) < 4.78 is 0. The number of nitrogens with one attached hydrogen (secondary N) is 1. The molecule has 3 amide bonds.